The van der Waals surface area contributed by atoms with E-state index in [2.05, 4.69) is 4.98 Å². The van der Waals surface area contributed by atoms with Crippen molar-refractivity contribution in [1.29, 1.82) is 0 Å². The van der Waals surface area contributed by atoms with Crippen LogP contribution in [0.1, 0.15) is 45.8 Å². The van der Waals surface area contributed by atoms with Gasteiger partial charge in [-0.2, -0.15) is 0 Å². The van der Waals surface area contributed by atoms with Gasteiger partial charge in [0.25, 0.3) is 0 Å². The standard InChI is InChI=1S/C18H19NO3S/c1-4-12-14(18(22)23-3)13(5-2)19-16(15(12)17(20)21)11-9-7-6-8-10-11/h6-10H,4-5H2,1-3H3,(H,20,21). The van der Waals surface area contributed by atoms with Crippen molar-refractivity contribution >= 4 is 22.8 Å². The van der Waals surface area contributed by atoms with Crippen LogP contribution >= 0.6 is 11.8 Å². The van der Waals surface area contributed by atoms with Crippen molar-refractivity contribution in [3.63, 3.8) is 0 Å². The van der Waals surface area contributed by atoms with Crippen LogP contribution in [0.25, 0.3) is 11.3 Å². The van der Waals surface area contributed by atoms with Crippen LogP contribution in [0.5, 0.6) is 0 Å². The van der Waals surface area contributed by atoms with Gasteiger partial charge in [-0.15, -0.1) is 0 Å². The molecule has 1 aromatic heterocycles. The van der Waals surface area contributed by atoms with Gasteiger partial charge in [0.2, 0.25) is 5.12 Å². The molecule has 0 spiro atoms. The predicted molar refractivity (Wildman–Crippen MR) is 93.2 cm³/mol. The molecule has 0 aliphatic rings. The number of nitrogens with zero attached hydrogens (tertiary/aromatic N) is 1. The molecule has 1 heterocycles. The van der Waals surface area contributed by atoms with Crippen LogP contribution in [-0.2, 0) is 12.8 Å². The summed E-state index contributed by atoms with van der Waals surface area (Å²) < 4.78 is 0. The van der Waals surface area contributed by atoms with E-state index in [-0.39, 0.29) is 10.7 Å². The summed E-state index contributed by atoms with van der Waals surface area (Å²) in [5, 5.41) is 9.59. The fourth-order valence-electron chi connectivity index (χ4n) is 2.68. The molecular formula is C18H19NO3S. The van der Waals surface area contributed by atoms with Crippen LogP contribution < -0.4 is 0 Å². The number of hydrogen-bond acceptors (Lipinski definition) is 4. The fourth-order valence-corrected chi connectivity index (χ4v) is 3.12. The maximum atomic E-state index is 12.3. The molecule has 120 valence electrons. The summed E-state index contributed by atoms with van der Waals surface area (Å²) in [6, 6.07) is 9.24. The number of pyridine rings is 1. The molecule has 0 aliphatic heterocycles. The van der Waals surface area contributed by atoms with E-state index in [1.807, 2.05) is 44.2 Å². The Kier molecular flexibility index (Phi) is 5.55. The number of aromatic carboxylic acids is 1. The van der Waals surface area contributed by atoms with Crippen LogP contribution in [0.3, 0.4) is 0 Å². The second-order valence-electron chi connectivity index (χ2n) is 5.01. The van der Waals surface area contributed by atoms with Crippen LogP contribution in [0.15, 0.2) is 30.3 Å². The Labute approximate surface area is 140 Å². The molecule has 4 nitrogen and oxygen atoms in total. The van der Waals surface area contributed by atoms with Crippen molar-refractivity contribution in [1.82, 2.24) is 4.98 Å². The number of aromatic nitrogens is 1. The lowest BCUT2D eigenvalue weighted by atomic mass is 9.93. The summed E-state index contributed by atoms with van der Waals surface area (Å²) in [4.78, 5) is 28.8. The number of benzene rings is 1. The minimum atomic E-state index is -1.05. The number of carbonyl (C=O) groups is 2. The van der Waals surface area contributed by atoms with E-state index in [4.69, 9.17) is 0 Å². The third kappa shape index (κ3) is 3.29. The lowest BCUT2D eigenvalue weighted by Gasteiger charge is -2.17. The first-order chi connectivity index (χ1) is 11.0. The Morgan fingerprint density at radius 1 is 1.09 bits per heavy atom. The van der Waals surface area contributed by atoms with Gasteiger partial charge in [0.1, 0.15) is 0 Å². The molecule has 0 amide bonds. The number of thioether (sulfide) groups is 1. The van der Waals surface area contributed by atoms with Crippen molar-refractivity contribution in [2.75, 3.05) is 6.26 Å². The Morgan fingerprint density at radius 2 is 1.74 bits per heavy atom. The normalized spacial score (nSPS) is 10.6. The maximum absolute atomic E-state index is 12.3. The van der Waals surface area contributed by atoms with Crippen molar-refractivity contribution in [3.05, 3.63) is 52.7 Å². The van der Waals surface area contributed by atoms with Gasteiger partial charge in [-0.25, -0.2) is 4.79 Å². The zero-order chi connectivity index (χ0) is 17.0. The first-order valence-corrected chi connectivity index (χ1v) is 8.70. The third-order valence-electron chi connectivity index (χ3n) is 3.71. The number of carbonyl (C=O) groups excluding carboxylic acids is 1. The van der Waals surface area contributed by atoms with E-state index < -0.39 is 5.97 Å². The number of carboxylic acid groups (broad SMARTS) is 1. The van der Waals surface area contributed by atoms with Crippen LogP contribution in [0.4, 0.5) is 0 Å². The molecule has 0 fully saturated rings. The minimum absolute atomic E-state index is 0.131. The zero-order valence-electron chi connectivity index (χ0n) is 13.4. The third-order valence-corrected chi connectivity index (χ3v) is 4.29. The van der Waals surface area contributed by atoms with Gasteiger partial charge in [-0.05, 0) is 24.7 Å². The number of rotatable bonds is 5. The highest BCUT2D eigenvalue weighted by atomic mass is 32.2. The van der Waals surface area contributed by atoms with Gasteiger partial charge < -0.3 is 5.11 Å². The van der Waals surface area contributed by atoms with Crippen molar-refractivity contribution < 1.29 is 14.7 Å². The van der Waals surface area contributed by atoms with Gasteiger partial charge in [0.15, 0.2) is 0 Å². The first-order valence-electron chi connectivity index (χ1n) is 7.47. The lowest BCUT2D eigenvalue weighted by Crippen LogP contribution is -2.15. The molecular weight excluding hydrogens is 310 g/mol. The molecule has 0 bridgehead atoms. The molecule has 0 saturated heterocycles. The molecule has 0 atom stereocenters. The quantitative estimate of drug-likeness (QED) is 0.895. The van der Waals surface area contributed by atoms with Gasteiger partial charge in [0.05, 0.1) is 22.5 Å². The van der Waals surface area contributed by atoms with Crippen LogP contribution in [-0.4, -0.2) is 27.4 Å². The van der Waals surface area contributed by atoms with Gasteiger partial charge in [-0.3, -0.25) is 9.78 Å². The molecule has 0 aliphatic carbocycles. The van der Waals surface area contributed by atoms with Crippen molar-refractivity contribution in [3.8, 4) is 11.3 Å². The molecule has 5 heteroatoms. The fraction of sp³-hybridized carbons (Fsp3) is 0.278. The smallest absolute Gasteiger partial charge is 0.338 e. The molecule has 2 rings (SSSR count). The molecule has 2 aromatic rings. The average Bonchev–Trinajstić information content (AvgIpc) is 2.59. The molecule has 23 heavy (non-hydrogen) atoms. The lowest BCUT2D eigenvalue weighted by molar-refractivity contribution is 0.0696. The maximum Gasteiger partial charge on any atom is 0.338 e. The molecule has 0 unspecified atom stereocenters. The SMILES string of the molecule is CCc1nc(-c2ccccc2)c(C(=O)O)c(CC)c1C(=O)SC. The Balaban J connectivity index is 2.89. The summed E-state index contributed by atoms with van der Waals surface area (Å²) in [5.74, 6) is -1.05. The summed E-state index contributed by atoms with van der Waals surface area (Å²) in [6.07, 6.45) is 2.75. The molecule has 1 aromatic carbocycles. The summed E-state index contributed by atoms with van der Waals surface area (Å²) in [6.45, 7) is 3.79. The second-order valence-corrected chi connectivity index (χ2v) is 5.78. The van der Waals surface area contributed by atoms with E-state index in [0.29, 0.717) is 35.4 Å². The van der Waals surface area contributed by atoms with E-state index in [1.54, 1.807) is 6.26 Å². The van der Waals surface area contributed by atoms with E-state index >= 15 is 0 Å². The highest BCUT2D eigenvalue weighted by Gasteiger charge is 2.26. The number of carboxylic acids is 1. The zero-order valence-corrected chi connectivity index (χ0v) is 14.2. The van der Waals surface area contributed by atoms with E-state index in [9.17, 15) is 14.7 Å². The minimum Gasteiger partial charge on any atom is -0.478 e. The summed E-state index contributed by atoms with van der Waals surface area (Å²) >= 11 is 1.09. The largest absolute Gasteiger partial charge is 0.478 e. The van der Waals surface area contributed by atoms with E-state index in [0.717, 1.165) is 17.3 Å². The van der Waals surface area contributed by atoms with Crippen molar-refractivity contribution in [2.24, 2.45) is 0 Å². The average molecular weight is 329 g/mol. The topological polar surface area (TPSA) is 67.3 Å². The van der Waals surface area contributed by atoms with Gasteiger partial charge >= 0.3 is 5.97 Å². The molecule has 1 N–H and O–H groups in total. The highest BCUT2D eigenvalue weighted by molar-refractivity contribution is 8.13. The molecule has 0 radical (unpaired) electrons. The van der Waals surface area contributed by atoms with Gasteiger partial charge in [-0.1, -0.05) is 55.9 Å². The predicted octanol–water partition coefficient (Wildman–Crippen LogP) is 4.07. The monoisotopic (exact) mass is 329 g/mol. The Bertz CT molecular complexity index is 742. The number of hydrogen-bond donors (Lipinski definition) is 1. The Hall–Kier alpha value is -2.14. The second kappa shape index (κ2) is 7.42. The molecule has 0 saturated carbocycles. The highest BCUT2D eigenvalue weighted by Crippen LogP contribution is 2.31. The van der Waals surface area contributed by atoms with Crippen molar-refractivity contribution in [2.45, 2.75) is 26.7 Å². The summed E-state index contributed by atoms with van der Waals surface area (Å²) in [5.41, 5.74) is 3.00. The van der Waals surface area contributed by atoms with E-state index in [1.165, 1.54) is 0 Å². The number of aryl methyl sites for hydroxylation is 1. The Morgan fingerprint density at radius 3 is 2.22 bits per heavy atom. The van der Waals surface area contributed by atoms with Crippen LogP contribution in [0.2, 0.25) is 0 Å². The first kappa shape index (κ1) is 17.2. The van der Waals surface area contributed by atoms with Gasteiger partial charge in [0, 0.05) is 5.56 Å². The van der Waals surface area contributed by atoms with Crippen LogP contribution in [0, 0.1) is 0 Å². The summed E-state index contributed by atoms with van der Waals surface area (Å²) in [7, 11) is 0.